The van der Waals surface area contributed by atoms with Crippen molar-refractivity contribution in [3.05, 3.63) is 23.8 Å². The van der Waals surface area contributed by atoms with E-state index in [9.17, 15) is 4.79 Å². The van der Waals surface area contributed by atoms with Gasteiger partial charge in [0.1, 0.15) is 0 Å². The van der Waals surface area contributed by atoms with Gasteiger partial charge in [-0.15, -0.1) is 0 Å². The molecule has 0 radical (unpaired) electrons. The van der Waals surface area contributed by atoms with Crippen molar-refractivity contribution in [2.45, 2.75) is 13.3 Å². The number of hydrogen-bond acceptors (Lipinski definition) is 4. The van der Waals surface area contributed by atoms with E-state index in [-0.39, 0.29) is 5.91 Å². The van der Waals surface area contributed by atoms with Crippen molar-refractivity contribution in [2.75, 3.05) is 39.1 Å². The zero-order valence-electron chi connectivity index (χ0n) is 12.1. The highest BCUT2D eigenvalue weighted by Crippen LogP contribution is 2.27. The smallest absolute Gasteiger partial charge is 0.257 e. The van der Waals surface area contributed by atoms with Crippen LogP contribution in [0.25, 0.3) is 0 Å². The monoisotopic (exact) mass is 278 g/mol. The van der Waals surface area contributed by atoms with E-state index < -0.39 is 0 Å². The van der Waals surface area contributed by atoms with Crippen molar-refractivity contribution >= 4 is 11.6 Å². The third kappa shape index (κ3) is 3.04. The minimum absolute atomic E-state index is 0.0384. The van der Waals surface area contributed by atoms with Gasteiger partial charge in [-0.05, 0) is 25.5 Å². The number of hydrogen-bond donors (Lipinski definition) is 1. The fourth-order valence-electron chi connectivity index (χ4n) is 2.52. The van der Waals surface area contributed by atoms with E-state index in [2.05, 4.69) is 0 Å². The fraction of sp³-hybridized carbons (Fsp3) is 0.533. The summed E-state index contributed by atoms with van der Waals surface area (Å²) < 4.78 is 10.6. The number of anilines is 1. The van der Waals surface area contributed by atoms with Crippen molar-refractivity contribution in [3.63, 3.8) is 0 Å². The zero-order chi connectivity index (χ0) is 14.5. The number of para-hydroxylation sites is 1. The zero-order valence-corrected chi connectivity index (χ0v) is 12.1. The van der Waals surface area contributed by atoms with E-state index in [0.717, 1.165) is 19.6 Å². The van der Waals surface area contributed by atoms with Gasteiger partial charge < -0.3 is 20.1 Å². The Morgan fingerprint density at radius 1 is 1.55 bits per heavy atom. The van der Waals surface area contributed by atoms with Gasteiger partial charge in [0.25, 0.3) is 5.91 Å². The number of ether oxygens (including phenoxy) is 2. The molecule has 5 nitrogen and oxygen atoms in total. The second kappa shape index (κ2) is 6.61. The molecule has 110 valence electrons. The molecule has 1 fully saturated rings. The summed E-state index contributed by atoms with van der Waals surface area (Å²) in [6, 6.07) is 5.26. The number of carbonyl (C=O) groups is 1. The van der Waals surface area contributed by atoms with Gasteiger partial charge in [-0.2, -0.15) is 0 Å². The van der Waals surface area contributed by atoms with Gasteiger partial charge in [-0.1, -0.05) is 6.07 Å². The van der Waals surface area contributed by atoms with E-state index in [0.29, 0.717) is 36.0 Å². The lowest BCUT2D eigenvalue weighted by atomic mass is 10.1. The maximum absolute atomic E-state index is 12.6. The van der Waals surface area contributed by atoms with Crippen LogP contribution in [0, 0.1) is 5.92 Å². The van der Waals surface area contributed by atoms with Gasteiger partial charge in [0.15, 0.2) is 5.75 Å². The predicted molar refractivity (Wildman–Crippen MR) is 77.9 cm³/mol. The van der Waals surface area contributed by atoms with Crippen LogP contribution in [0.3, 0.4) is 0 Å². The third-order valence-corrected chi connectivity index (χ3v) is 3.65. The molecule has 0 saturated carbocycles. The molecule has 1 atom stereocenters. The Bertz CT molecular complexity index is 470. The first-order valence-corrected chi connectivity index (χ1v) is 6.96. The van der Waals surface area contributed by atoms with Crippen LogP contribution in [0.5, 0.6) is 5.75 Å². The molecule has 2 rings (SSSR count). The highest BCUT2D eigenvalue weighted by atomic mass is 16.5. The molecule has 1 amide bonds. The second-order valence-electron chi connectivity index (χ2n) is 5.00. The van der Waals surface area contributed by atoms with Crippen molar-refractivity contribution in [2.24, 2.45) is 5.92 Å². The molecule has 1 saturated heterocycles. The van der Waals surface area contributed by atoms with Gasteiger partial charge in [-0.3, -0.25) is 4.79 Å². The van der Waals surface area contributed by atoms with Crippen LogP contribution in [-0.2, 0) is 4.74 Å². The molecular weight excluding hydrogens is 256 g/mol. The number of amides is 1. The Kier molecular flexibility index (Phi) is 4.84. The third-order valence-electron chi connectivity index (χ3n) is 3.65. The van der Waals surface area contributed by atoms with Crippen LogP contribution in [0.4, 0.5) is 5.69 Å². The van der Waals surface area contributed by atoms with Crippen LogP contribution in [0.2, 0.25) is 0 Å². The second-order valence-corrected chi connectivity index (χ2v) is 5.00. The normalized spacial score (nSPS) is 18.0. The lowest BCUT2D eigenvalue weighted by molar-refractivity contribution is 0.0727. The van der Waals surface area contributed by atoms with Gasteiger partial charge in [0.05, 0.1) is 25.0 Å². The van der Waals surface area contributed by atoms with Crippen LogP contribution >= 0.6 is 0 Å². The first-order valence-electron chi connectivity index (χ1n) is 6.96. The highest BCUT2D eigenvalue weighted by Gasteiger charge is 2.24. The Morgan fingerprint density at radius 2 is 2.35 bits per heavy atom. The summed E-state index contributed by atoms with van der Waals surface area (Å²) in [6.45, 7) is 4.88. The molecule has 0 aliphatic carbocycles. The first-order chi connectivity index (χ1) is 9.67. The molecule has 1 aromatic carbocycles. The van der Waals surface area contributed by atoms with Crippen molar-refractivity contribution in [1.82, 2.24) is 4.90 Å². The summed E-state index contributed by atoms with van der Waals surface area (Å²) >= 11 is 0. The number of benzene rings is 1. The molecule has 1 unspecified atom stereocenters. The van der Waals surface area contributed by atoms with Gasteiger partial charge in [0.2, 0.25) is 0 Å². The molecule has 0 bridgehead atoms. The number of nitrogen functional groups attached to an aromatic ring is 1. The average molecular weight is 278 g/mol. The number of methoxy groups -OCH3 is 1. The van der Waals surface area contributed by atoms with Crippen LogP contribution in [0.15, 0.2) is 18.2 Å². The van der Waals surface area contributed by atoms with Crippen molar-refractivity contribution < 1.29 is 14.3 Å². The summed E-state index contributed by atoms with van der Waals surface area (Å²) in [5.74, 6) is 0.841. The first kappa shape index (κ1) is 14.7. The molecule has 20 heavy (non-hydrogen) atoms. The molecule has 1 aliphatic rings. The number of carbonyl (C=O) groups excluding carboxylic acids is 1. The summed E-state index contributed by atoms with van der Waals surface area (Å²) in [5, 5.41) is 0. The van der Waals surface area contributed by atoms with Crippen LogP contribution in [-0.4, -0.2) is 44.2 Å². The van der Waals surface area contributed by atoms with Crippen molar-refractivity contribution in [3.8, 4) is 5.75 Å². The minimum atomic E-state index is -0.0384. The summed E-state index contributed by atoms with van der Waals surface area (Å²) in [6.07, 6.45) is 1.01. The molecule has 1 heterocycles. The van der Waals surface area contributed by atoms with Crippen molar-refractivity contribution in [1.29, 1.82) is 0 Å². The van der Waals surface area contributed by atoms with Gasteiger partial charge >= 0.3 is 0 Å². The molecule has 0 spiro atoms. The van der Waals surface area contributed by atoms with Crippen LogP contribution < -0.4 is 10.5 Å². The largest absolute Gasteiger partial charge is 0.494 e. The Morgan fingerprint density at radius 3 is 2.95 bits per heavy atom. The summed E-state index contributed by atoms with van der Waals surface area (Å²) in [4.78, 5) is 14.5. The maximum atomic E-state index is 12.6. The highest BCUT2D eigenvalue weighted by molar-refractivity contribution is 5.98. The topological polar surface area (TPSA) is 64.8 Å². The minimum Gasteiger partial charge on any atom is -0.494 e. The van der Waals surface area contributed by atoms with E-state index in [1.54, 1.807) is 18.2 Å². The van der Waals surface area contributed by atoms with E-state index in [4.69, 9.17) is 15.2 Å². The summed E-state index contributed by atoms with van der Waals surface area (Å²) in [5.41, 5.74) is 6.87. The van der Waals surface area contributed by atoms with E-state index in [1.165, 1.54) is 7.11 Å². The molecule has 0 aromatic heterocycles. The van der Waals surface area contributed by atoms with Crippen LogP contribution in [0.1, 0.15) is 23.7 Å². The number of nitrogens with two attached hydrogens (primary N) is 1. The Balaban J connectivity index is 2.17. The maximum Gasteiger partial charge on any atom is 0.257 e. The molecule has 1 aliphatic heterocycles. The quantitative estimate of drug-likeness (QED) is 0.834. The SMILES string of the molecule is CCN(CC1CCOC1)C(=O)c1cccc(N)c1OC. The number of nitrogens with zero attached hydrogens (tertiary/aromatic N) is 1. The average Bonchev–Trinajstić information content (AvgIpc) is 2.96. The van der Waals surface area contributed by atoms with Gasteiger partial charge in [0, 0.05) is 25.6 Å². The number of rotatable bonds is 5. The lowest BCUT2D eigenvalue weighted by Gasteiger charge is -2.24. The fourth-order valence-corrected chi connectivity index (χ4v) is 2.52. The molecular formula is C15H22N2O3. The molecule has 1 aromatic rings. The summed E-state index contributed by atoms with van der Waals surface area (Å²) in [7, 11) is 1.53. The Labute approximate surface area is 119 Å². The van der Waals surface area contributed by atoms with E-state index >= 15 is 0 Å². The molecule has 5 heteroatoms. The van der Waals surface area contributed by atoms with Gasteiger partial charge in [-0.25, -0.2) is 0 Å². The molecule has 2 N–H and O–H groups in total. The lowest BCUT2D eigenvalue weighted by Crippen LogP contribution is -2.35. The Hall–Kier alpha value is -1.75. The predicted octanol–water partition coefficient (Wildman–Crippen LogP) is 1.78. The van der Waals surface area contributed by atoms with E-state index in [1.807, 2.05) is 11.8 Å². The standard InChI is InChI=1S/C15H22N2O3/c1-3-17(9-11-7-8-20-10-11)15(18)12-5-4-6-13(16)14(12)19-2/h4-6,11H,3,7-10,16H2,1-2H3.